The molecular weight excluding hydrogens is 618 g/mol. The molecule has 3 aromatic carbocycles. The molecule has 46 heavy (non-hydrogen) atoms. The van der Waals surface area contributed by atoms with E-state index < -0.39 is 47.5 Å². The molecule has 0 aliphatic carbocycles. The number of rotatable bonds is 6. The van der Waals surface area contributed by atoms with E-state index in [9.17, 15) is 35.9 Å². The molecule has 0 spiro atoms. The zero-order valence-electron chi connectivity index (χ0n) is 24.9. The van der Waals surface area contributed by atoms with Gasteiger partial charge in [0.15, 0.2) is 0 Å². The number of hydrogen-bond acceptors (Lipinski definition) is 5. The van der Waals surface area contributed by atoms with Crippen molar-refractivity contribution in [3.63, 3.8) is 0 Å². The smallest absolute Gasteiger partial charge is 0.416 e. The van der Waals surface area contributed by atoms with Crippen LogP contribution >= 0.6 is 0 Å². The van der Waals surface area contributed by atoms with Gasteiger partial charge in [-0.3, -0.25) is 14.7 Å². The number of alkyl halides is 6. The summed E-state index contributed by atoms with van der Waals surface area (Å²) in [6.07, 6.45) is -9.58. The Bertz CT molecular complexity index is 1620. The second-order valence-electron chi connectivity index (χ2n) is 11.0. The number of carbonyl (C=O) groups excluding carboxylic acids is 2. The van der Waals surface area contributed by atoms with Crippen molar-refractivity contribution in [1.82, 2.24) is 15.1 Å². The van der Waals surface area contributed by atoms with Crippen LogP contribution in [0.25, 0.3) is 0 Å². The van der Waals surface area contributed by atoms with E-state index in [0.717, 1.165) is 24.3 Å². The second kappa shape index (κ2) is 12.6. The standard InChI is InChI=1S/C32H30F6N4O4/c1-18(2)46-25-16-23(45-3)12-13-24(25)29-40-27(19-4-8-21(9-5-19)31(33,34)35)28(20-6-10-22(11-7-20)32(36,37)38)42(29)30(44)41-15-14-39-26(43)17-41/h4-13,16,18,27-28H,14-15,17H2,1-3H3,(H,39,43)/t27-,28+/m0/s1. The average molecular weight is 649 g/mol. The summed E-state index contributed by atoms with van der Waals surface area (Å²) >= 11 is 0. The van der Waals surface area contributed by atoms with Crippen molar-refractivity contribution < 1.29 is 45.4 Å². The largest absolute Gasteiger partial charge is 0.497 e. The van der Waals surface area contributed by atoms with Crippen LogP contribution in [0, 0.1) is 0 Å². The first-order chi connectivity index (χ1) is 21.7. The third kappa shape index (κ3) is 6.75. The fourth-order valence-corrected chi connectivity index (χ4v) is 5.39. The molecule has 0 radical (unpaired) electrons. The fourth-order valence-electron chi connectivity index (χ4n) is 5.39. The summed E-state index contributed by atoms with van der Waals surface area (Å²) in [7, 11) is 1.46. The van der Waals surface area contributed by atoms with E-state index in [2.05, 4.69) is 5.32 Å². The maximum Gasteiger partial charge on any atom is 0.416 e. The molecule has 3 aromatic rings. The van der Waals surface area contributed by atoms with Crippen molar-refractivity contribution in [2.45, 2.75) is 44.4 Å². The van der Waals surface area contributed by atoms with E-state index in [-0.39, 0.29) is 48.5 Å². The van der Waals surface area contributed by atoms with Gasteiger partial charge in [-0.1, -0.05) is 24.3 Å². The summed E-state index contributed by atoms with van der Waals surface area (Å²) in [5.74, 6) is 0.365. The van der Waals surface area contributed by atoms with Crippen molar-refractivity contribution in [2.75, 3.05) is 26.7 Å². The molecule has 0 bridgehead atoms. The first kappa shape index (κ1) is 32.6. The Morgan fingerprint density at radius 2 is 1.50 bits per heavy atom. The molecule has 2 heterocycles. The van der Waals surface area contributed by atoms with Gasteiger partial charge >= 0.3 is 18.4 Å². The zero-order valence-corrected chi connectivity index (χ0v) is 24.9. The Balaban J connectivity index is 1.72. The number of nitrogens with one attached hydrogen (secondary N) is 1. The molecule has 244 valence electrons. The van der Waals surface area contributed by atoms with E-state index in [4.69, 9.17) is 14.5 Å². The lowest BCUT2D eigenvalue weighted by molar-refractivity contribution is -0.138. The van der Waals surface area contributed by atoms with Crippen molar-refractivity contribution >= 4 is 17.8 Å². The Kier molecular flexibility index (Phi) is 8.91. The van der Waals surface area contributed by atoms with Gasteiger partial charge in [-0.15, -0.1) is 0 Å². The molecule has 3 amide bonds. The normalized spacial score (nSPS) is 18.8. The first-order valence-electron chi connectivity index (χ1n) is 14.3. The van der Waals surface area contributed by atoms with Gasteiger partial charge in [0.1, 0.15) is 29.9 Å². The summed E-state index contributed by atoms with van der Waals surface area (Å²) < 4.78 is 92.2. The fraction of sp³-hybridized carbons (Fsp3) is 0.344. The summed E-state index contributed by atoms with van der Waals surface area (Å²) in [5.41, 5.74) is -0.974. The topological polar surface area (TPSA) is 83.5 Å². The van der Waals surface area contributed by atoms with Crippen molar-refractivity contribution in [1.29, 1.82) is 0 Å². The molecule has 1 fully saturated rings. The van der Waals surface area contributed by atoms with E-state index >= 15 is 0 Å². The van der Waals surface area contributed by atoms with E-state index in [1.54, 1.807) is 32.0 Å². The molecule has 2 aliphatic rings. The van der Waals surface area contributed by atoms with Crippen molar-refractivity contribution in [3.05, 3.63) is 94.5 Å². The van der Waals surface area contributed by atoms with Crippen LogP contribution in [0.2, 0.25) is 0 Å². The maximum atomic E-state index is 14.4. The number of hydrogen-bond donors (Lipinski definition) is 1. The number of aliphatic imine (C=N–C) groups is 1. The third-order valence-corrected chi connectivity index (χ3v) is 7.53. The number of benzene rings is 3. The van der Waals surface area contributed by atoms with Crippen molar-refractivity contribution in [3.8, 4) is 11.5 Å². The van der Waals surface area contributed by atoms with Crippen LogP contribution in [0.1, 0.15) is 53.7 Å². The molecule has 0 unspecified atom stereocenters. The Hall–Kier alpha value is -4.75. The number of carbonyl (C=O) groups is 2. The molecule has 5 rings (SSSR count). The van der Waals surface area contributed by atoms with Gasteiger partial charge in [0.05, 0.1) is 35.9 Å². The molecular formula is C32H30F6N4O4. The van der Waals surface area contributed by atoms with E-state index in [1.165, 1.54) is 41.2 Å². The maximum absolute atomic E-state index is 14.4. The van der Waals surface area contributed by atoms with Crippen LogP contribution in [0.3, 0.4) is 0 Å². The van der Waals surface area contributed by atoms with Crippen LogP contribution < -0.4 is 14.8 Å². The van der Waals surface area contributed by atoms with E-state index in [0.29, 0.717) is 11.3 Å². The predicted octanol–water partition coefficient (Wildman–Crippen LogP) is 6.62. The molecule has 14 heteroatoms. The number of amidine groups is 1. The number of halogens is 6. The Labute approximate surface area is 260 Å². The van der Waals surface area contributed by atoms with Gasteiger partial charge in [-0.25, -0.2) is 4.79 Å². The SMILES string of the molecule is COc1ccc(C2=N[C@@H](c3ccc(C(F)(F)F)cc3)[C@@H](c3ccc(C(F)(F)F)cc3)N2C(=O)N2CCNC(=O)C2)c(OC(C)C)c1. The molecule has 8 nitrogen and oxygen atoms in total. The van der Waals surface area contributed by atoms with Crippen LogP contribution in [-0.4, -0.2) is 60.4 Å². The molecule has 1 N–H and O–H groups in total. The quantitative estimate of drug-likeness (QED) is 0.305. The van der Waals surface area contributed by atoms with Gasteiger partial charge in [-0.05, 0) is 61.4 Å². The Morgan fingerprint density at radius 3 is 2.02 bits per heavy atom. The summed E-state index contributed by atoms with van der Waals surface area (Å²) in [6.45, 7) is 3.58. The second-order valence-corrected chi connectivity index (χ2v) is 11.0. The van der Waals surface area contributed by atoms with Crippen LogP contribution in [0.5, 0.6) is 11.5 Å². The van der Waals surface area contributed by atoms with Gasteiger partial charge in [0.2, 0.25) is 5.91 Å². The number of ether oxygens (including phenoxy) is 2. The van der Waals surface area contributed by atoms with Crippen LogP contribution in [0.4, 0.5) is 31.1 Å². The minimum atomic E-state index is -4.63. The number of nitrogens with zero attached hydrogens (tertiary/aromatic N) is 3. The van der Waals surface area contributed by atoms with Crippen LogP contribution in [0.15, 0.2) is 71.7 Å². The highest BCUT2D eigenvalue weighted by Crippen LogP contribution is 2.46. The van der Waals surface area contributed by atoms with Crippen molar-refractivity contribution in [2.24, 2.45) is 4.99 Å². The lowest BCUT2D eigenvalue weighted by Crippen LogP contribution is -2.55. The Morgan fingerprint density at radius 1 is 0.913 bits per heavy atom. The lowest BCUT2D eigenvalue weighted by atomic mass is 9.92. The highest BCUT2D eigenvalue weighted by molar-refractivity contribution is 6.11. The zero-order chi connectivity index (χ0) is 33.4. The molecule has 2 atom stereocenters. The van der Waals surface area contributed by atoms with Crippen LogP contribution in [-0.2, 0) is 17.1 Å². The number of piperazine rings is 1. The monoisotopic (exact) mass is 648 g/mol. The predicted molar refractivity (Wildman–Crippen MR) is 155 cm³/mol. The highest BCUT2D eigenvalue weighted by atomic mass is 19.4. The molecule has 2 aliphatic heterocycles. The average Bonchev–Trinajstić information content (AvgIpc) is 3.40. The minimum Gasteiger partial charge on any atom is -0.497 e. The molecule has 0 aromatic heterocycles. The molecule has 1 saturated heterocycles. The third-order valence-electron chi connectivity index (χ3n) is 7.53. The number of urea groups is 1. The summed E-state index contributed by atoms with van der Waals surface area (Å²) in [6, 6.07) is 10.4. The summed E-state index contributed by atoms with van der Waals surface area (Å²) in [5, 5.41) is 2.65. The number of methoxy groups -OCH3 is 1. The highest BCUT2D eigenvalue weighted by Gasteiger charge is 2.46. The van der Waals surface area contributed by atoms with Gasteiger partial charge in [0, 0.05) is 19.2 Å². The minimum absolute atomic E-state index is 0.0593. The molecule has 0 saturated carbocycles. The van der Waals surface area contributed by atoms with Gasteiger partial charge < -0.3 is 19.7 Å². The lowest BCUT2D eigenvalue weighted by Gasteiger charge is -2.36. The van der Waals surface area contributed by atoms with E-state index in [1.807, 2.05) is 0 Å². The van der Waals surface area contributed by atoms with Gasteiger partial charge in [-0.2, -0.15) is 26.3 Å². The number of amides is 3. The first-order valence-corrected chi connectivity index (χ1v) is 14.3. The summed E-state index contributed by atoms with van der Waals surface area (Å²) in [4.78, 5) is 34.1. The van der Waals surface area contributed by atoms with Gasteiger partial charge in [0.25, 0.3) is 0 Å².